The van der Waals surface area contributed by atoms with Gasteiger partial charge in [-0.05, 0) is 19.1 Å². The zero-order valence-electron chi connectivity index (χ0n) is 17.3. The van der Waals surface area contributed by atoms with Crippen LogP contribution in [-0.4, -0.2) is 65.0 Å². The SMILES string of the molecule is C=CC(=O)Nc1cc(Nc2ncnc(C)n2)c(OC)cc1N1CCN(C(C)=O)CC1. The molecule has 0 spiro atoms. The molecule has 2 N–H and O–H groups in total. The summed E-state index contributed by atoms with van der Waals surface area (Å²) >= 11 is 0. The quantitative estimate of drug-likeness (QED) is 0.691. The van der Waals surface area contributed by atoms with Gasteiger partial charge >= 0.3 is 0 Å². The Kier molecular flexibility index (Phi) is 6.45. The number of benzene rings is 1. The van der Waals surface area contributed by atoms with Crippen molar-refractivity contribution >= 4 is 34.8 Å². The second-order valence-electron chi connectivity index (χ2n) is 6.74. The number of rotatable bonds is 6. The van der Waals surface area contributed by atoms with Crippen LogP contribution in [-0.2, 0) is 9.59 Å². The average Bonchev–Trinajstić information content (AvgIpc) is 2.74. The van der Waals surface area contributed by atoms with Gasteiger partial charge in [-0.1, -0.05) is 6.58 Å². The maximum atomic E-state index is 12.0. The number of carbonyl (C=O) groups excluding carboxylic acids is 2. The molecule has 1 saturated heterocycles. The molecular formula is C20H25N7O3. The molecule has 1 aromatic heterocycles. The summed E-state index contributed by atoms with van der Waals surface area (Å²) in [5, 5.41) is 5.96. The first-order chi connectivity index (χ1) is 14.4. The molecule has 0 bridgehead atoms. The van der Waals surface area contributed by atoms with Crippen LogP contribution in [0.3, 0.4) is 0 Å². The molecule has 2 aromatic rings. The Morgan fingerprint density at radius 3 is 2.50 bits per heavy atom. The molecule has 10 nitrogen and oxygen atoms in total. The molecule has 1 aromatic carbocycles. The summed E-state index contributed by atoms with van der Waals surface area (Å²) in [6, 6.07) is 3.62. The van der Waals surface area contributed by atoms with Crippen molar-refractivity contribution in [2.24, 2.45) is 0 Å². The van der Waals surface area contributed by atoms with Gasteiger partial charge in [0.15, 0.2) is 0 Å². The summed E-state index contributed by atoms with van der Waals surface area (Å²) in [6.45, 7) is 9.35. The van der Waals surface area contributed by atoms with Gasteiger partial charge in [-0.25, -0.2) is 9.97 Å². The third kappa shape index (κ3) is 4.83. The second-order valence-corrected chi connectivity index (χ2v) is 6.74. The first kappa shape index (κ1) is 21.0. The van der Waals surface area contributed by atoms with Crippen molar-refractivity contribution < 1.29 is 14.3 Å². The summed E-state index contributed by atoms with van der Waals surface area (Å²) in [7, 11) is 1.57. The van der Waals surface area contributed by atoms with Gasteiger partial charge in [0.05, 0.1) is 24.2 Å². The number of nitrogens with zero attached hydrogens (tertiary/aromatic N) is 5. The highest BCUT2D eigenvalue weighted by Crippen LogP contribution is 2.38. The van der Waals surface area contributed by atoms with Crippen LogP contribution in [0.25, 0.3) is 0 Å². The maximum absolute atomic E-state index is 12.0. The fraction of sp³-hybridized carbons (Fsp3) is 0.350. The first-order valence-electron chi connectivity index (χ1n) is 9.50. The lowest BCUT2D eigenvalue weighted by atomic mass is 10.1. The van der Waals surface area contributed by atoms with E-state index in [-0.39, 0.29) is 11.8 Å². The van der Waals surface area contributed by atoms with Gasteiger partial charge < -0.3 is 25.2 Å². The zero-order valence-corrected chi connectivity index (χ0v) is 17.3. The monoisotopic (exact) mass is 411 g/mol. The van der Waals surface area contributed by atoms with Gasteiger partial charge in [0, 0.05) is 39.2 Å². The number of aryl methyl sites for hydroxylation is 1. The van der Waals surface area contributed by atoms with Crippen LogP contribution in [0.4, 0.5) is 23.0 Å². The summed E-state index contributed by atoms with van der Waals surface area (Å²) in [5.41, 5.74) is 1.97. The number of anilines is 4. The van der Waals surface area contributed by atoms with Crippen LogP contribution >= 0.6 is 0 Å². The van der Waals surface area contributed by atoms with Crippen molar-refractivity contribution in [3.05, 3.63) is 36.9 Å². The van der Waals surface area contributed by atoms with Crippen LogP contribution in [0.15, 0.2) is 31.1 Å². The van der Waals surface area contributed by atoms with Gasteiger partial charge in [-0.2, -0.15) is 4.98 Å². The molecule has 1 fully saturated rings. The summed E-state index contributed by atoms with van der Waals surface area (Å²) in [6.07, 6.45) is 2.63. The predicted octanol–water partition coefficient (Wildman–Crippen LogP) is 1.73. The van der Waals surface area contributed by atoms with Gasteiger partial charge in [0.25, 0.3) is 0 Å². The van der Waals surface area contributed by atoms with Crippen molar-refractivity contribution in [1.29, 1.82) is 0 Å². The van der Waals surface area contributed by atoms with E-state index >= 15 is 0 Å². The number of hydrogen-bond acceptors (Lipinski definition) is 8. The highest BCUT2D eigenvalue weighted by molar-refractivity contribution is 6.02. The van der Waals surface area contributed by atoms with E-state index in [2.05, 4.69) is 37.1 Å². The topological polar surface area (TPSA) is 113 Å². The highest BCUT2D eigenvalue weighted by Gasteiger charge is 2.23. The zero-order chi connectivity index (χ0) is 21.7. The second kappa shape index (κ2) is 9.21. The third-order valence-electron chi connectivity index (χ3n) is 4.77. The lowest BCUT2D eigenvalue weighted by molar-refractivity contribution is -0.129. The molecule has 0 unspecified atom stereocenters. The Hall–Kier alpha value is -3.69. The van der Waals surface area contributed by atoms with Crippen molar-refractivity contribution in [3.63, 3.8) is 0 Å². The number of piperazine rings is 1. The molecule has 1 aliphatic rings. The minimum atomic E-state index is -0.328. The minimum absolute atomic E-state index is 0.0552. The number of nitrogens with one attached hydrogen (secondary N) is 2. The number of aromatic nitrogens is 3. The normalized spacial score (nSPS) is 13.6. The first-order valence-corrected chi connectivity index (χ1v) is 9.50. The number of methoxy groups -OCH3 is 1. The molecule has 1 aliphatic heterocycles. The van der Waals surface area contributed by atoms with Crippen molar-refractivity contribution in [2.75, 3.05) is 48.8 Å². The Balaban J connectivity index is 1.96. The number of ether oxygens (including phenoxy) is 1. The average molecular weight is 411 g/mol. The van der Waals surface area contributed by atoms with Gasteiger partial charge in [0.2, 0.25) is 17.8 Å². The molecule has 10 heteroatoms. The number of carbonyl (C=O) groups is 2. The van der Waals surface area contributed by atoms with Crippen LogP contribution in [0.5, 0.6) is 5.75 Å². The minimum Gasteiger partial charge on any atom is -0.494 e. The van der Waals surface area contributed by atoms with Crippen LogP contribution in [0.2, 0.25) is 0 Å². The Bertz CT molecular complexity index is 955. The van der Waals surface area contributed by atoms with E-state index in [0.717, 1.165) is 5.69 Å². The van der Waals surface area contributed by atoms with Crippen molar-refractivity contribution in [2.45, 2.75) is 13.8 Å². The molecule has 0 aliphatic carbocycles. The van der Waals surface area contributed by atoms with Crippen LogP contribution in [0.1, 0.15) is 12.7 Å². The predicted molar refractivity (Wildman–Crippen MR) is 114 cm³/mol. The molecule has 3 rings (SSSR count). The van der Waals surface area contributed by atoms with Crippen molar-refractivity contribution in [1.82, 2.24) is 19.9 Å². The van der Waals surface area contributed by atoms with E-state index in [1.807, 2.05) is 6.07 Å². The summed E-state index contributed by atoms with van der Waals surface area (Å²) in [4.78, 5) is 39.9. The molecule has 0 radical (unpaired) electrons. The third-order valence-corrected chi connectivity index (χ3v) is 4.77. The maximum Gasteiger partial charge on any atom is 0.247 e. The summed E-state index contributed by atoms with van der Waals surface area (Å²) in [5.74, 6) is 1.23. The molecule has 2 amide bonds. The van der Waals surface area contributed by atoms with Gasteiger partial charge in [-0.15, -0.1) is 0 Å². The standard InChI is InChI=1S/C20H25N7O3/c1-5-19(29)24-15-10-16(25-20-22-12-21-13(2)23-20)18(30-4)11-17(15)27-8-6-26(7-9-27)14(3)28/h5,10-12H,1,6-9H2,2-4H3,(H,24,29)(H,21,22,23,25). The Morgan fingerprint density at radius 2 is 1.90 bits per heavy atom. The molecule has 0 saturated carbocycles. The van der Waals surface area contributed by atoms with Crippen LogP contribution < -0.4 is 20.3 Å². The number of amides is 2. The molecule has 2 heterocycles. The summed E-state index contributed by atoms with van der Waals surface area (Å²) < 4.78 is 5.57. The molecule has 158 valence electrons. The highest BCUT2D eigenvalue weighted by atomic mass is 16.5. The van der Waals surface area contributed by atoms with E-state index in [1.54, 1.807) is 31.9 Å². The lowest BCUT2D eigenvalue weighted by Gasteiger charge is -2.36. The van der Waals surface area contributed by atoms with E-state index in [9.17, 15) is 9.59 Å². The number of hydrogen-bond donors (Lipinski definition) is 2. The van der Waals surface area contributed by atoms with Gasteiger partial charge in [0.1, 0.15) is 17.9 Å². The fourth-order valence-electron chi connectivity index (χ4n) is 3.20. The Labute approximate surface area is 175 Å². The van der Waals surface area contributed by atoms with E-state index < -0.39 is 0 Å². The van der Waals surface area contributed by atoms with E-state index in [1.165, 1.54) is 12.4 Å². The van der Waals surface area contributed by atoms with E-state index in [4.69, 9.17) is 4.74 Å². The fourth-order valence-corrected chi connectivity index (χ4v) is 3.20. The largest absolute Gasteiger partial charge is 0.494 e. The lowest BCUT2D eigenvalue weighted by Crippen LogP contribution is -2.48. The smallest absolute Gasteiger partial charge is 0.247 e. The van der Waals surface area contributed by atoms with E-state index in [0.29, 0.717) is 55.1 Å². The molecule has 30 heavy (non-hydrogen) atoms. The Morgan fingerprint density at radius 1 is 1.17 bits per heavy atom. The van der Waals surface area contributed by atoms with Gasteiger partial charge in [-0.3, -0.25) is 9.59 Å². The van der Waals surface area contributed by atoms with Crippen LogP contribution in [0, 0.1) is 6.92 Å². The molecular weight excluding hydrogens is 386 g/mol. The van der Waals surface area contributed by atoms with Crippen molar-refractivity contribution in [3.8, 4) is 5.75 Å². The molecule has 0 atom stereocenters.